The number of carbonyl (C=O) groups is 1. The molecule has 6 heteroatoms. The molecule has 0 radical (unpaired) electrons. The van der Waals surface area contributed by atoms with E-state index in [0.717, 1.165) is 69.8 Å². The molecule has 4 rings (SSSR count). The lowest BCUT2D eigenvalue weighted by atomic mass is 9.91. The molecule has 0 bridgehead atoms. The number of hydrogen-bond donors (Lipinski definition) is 2. The number of urea groups is 1. The Labute approximate surface area is 168 Å². The van der Waals surface area contributed by atoms with Gasteiger partial charge in [-0.15, -0.1) is 0 Å². The molecule has 28 heavy (non-hydrogen) atoms. The van der Waals surface area contributed by atoms with Gasteiger partial charge in [-0.2, -0.15) is 0 Å². The molecule has 6 nitrogen and oxygen atoms in total. The largest absolute Gasteiger partial charge is 0.391 e. The number of carbonyl (C=O) groups excluding carboxylic acids is 1. The van der Waals surface area contributed by atoms with Gasteiger partial charge in [-0.05, 0) is 50.3 Å². The molecule has 2 heterocycles. The van der Waals surface area contributed by atoms with Crippen molar-refractivity contribution in [1.82, 2.24) is 9.80 Å². The van der Waals surface area contributed by atoms with Crippen LogP contribution in [0.2, 0.25) is 0 Å². The summed E-state index contributed by atoms with van der Waals surface area (Å²) in [5, 5.41) is 13.4. The van der Waals surface area contributed by atoms with E-state index in [2.05, 4.69) is 28.1 Å². The number of nitrogens with one attached hydrogen (secondary N) is 1. The zero-order chi connectivity index (χ0) is 19.5. The molecule has 0 unspecified atom stereocenters. The van der Waals surface area contributed by atoms with E-state index in [-0.39, 0.29) is 18.2 Å². The van der Waals surface area contributed by atoms with Gasteiger partial charge in [-0.25, -0.2) is 4.79 Å². The number of benzene rings is 1. The quantitative estimate of drug-likeness (QED) is 0.838. The van der Waals surface area contributed by atoms with Crippen molar-refractivity contribution in [3.63, 3.8) is 0 Å². The maximum atomic E-state index is 12.8. The summed E-state index contributed by atoms with van der Waals surface area (Å²) in [6.45, 7) is 7.45. The van der Waals surface area contributed by atoms with Gasteiger partial charge >= 0.3 is 6.03 Å². The zero-order valence-corrected chi connectivity index (χ0v) is 17.1. The highest BCUT2D eigenvalue weighted by atomic mass is 16.3. The van der Waals surface area contributed by atoms with Gasteiger partial charge in [0.25, 0.3) is 0 Å². The standard InChI is InChI=1S/C22H34N4O2/c1-17-18(7-6-9-19(17)24-11-4-5-12-24)23-22(28)26-15-13-25(14-16-26)20-8-2-3-10-21(20)27/h6-7,9,20-21,27H,2-5,8,10-16H2,1H3,(H,23,28)/t20-,21-/m0/s1. The topological polar surface area (TPSA) is 59.1 Å². The number of hydrogen-bond acceptors (Lipinski definition) is 4. The van der Waals surface area contributed by atoms with E-state index >= 15 is 0 Å². The predicted molar refractivity (Wildman–Crippen MR) is 113 cm³/mol. The summed E-state index contributed by atoms with van der Waals surface area (Å²) in [4.78, 5) is 19.5. The van der Waals surface area contributed by atoms with Gasteiger partial charge < -0.3 is 20.2 Å². The fourth-order valence-corrected chi connectivity index (χ4v) is 5.03. The molecule has 0 aromatic heterocycles. The van der Waals surface area contributed by atoms with Crippen LogP contribution in [0.3, 0.4) is 0 Å². The minimum Gasteiger partial charge on any atom is -0.391 e. The Kier molecular flexibility index (Phi) is 6.07. The Bertz CT molecular complexity index is 681. The summed E-state index contributed by atoms with van der Waals surface area (Å²) >= 11 is 0. The van der Waals surface area contributed by atoms with Gasteiger partial charge in [-0.1, -0.05) is 18.9 Å². The zero-order valence-electron chi connectivity index (χ0n) is 17.1. The molecule has 2 aliphatic heterocycles. The molecule has 3 fully saturated rings. The van der Waals surface area contributed by atoms with Crippen LogP contribution in [0, 0.1) is 6.92 Å². The molecule has 3 aliphatic rings. The molecule has 2 atom stereocenters. The third-order valence-electron chi connectivity index (χ3n) is 6.76. The van der Waals surface area contributed by atoms with Crippen molar-refractivity contribution >= 4 is 17.4 Å². The average molecular weight is 387 g/mol. The highest BCUT2D eigenvalue weighted by molar-refractivity contribution is 5.91. The van der Waals surface area contributed by atoms with Crippen molar-refractivity contribution in [3.8, 4) is 0 Å². The third kappa shape index (κ3) is 4.13. The number of rotatable bonds is 3. The first-order valence-corrected chi connectivity index (χ1v) is 11.0. The monoisotopic (exact) mass is 386 g/mol. The second kappa shape index (κ2) is 8.70. The van der Waals surface area contributed by atoms with Gasteiger partial charge in [0, 0.05) is 56.7 Å². The molecule has 1 saturated carbocycles. The molecule has 1 aliphatic carbocycles. The normalized spacial score (nSPS) is 26.5. The fourth-order valence-electron chi connectivity index (χ4n) is 5.03. The Morgan fingerprint density at radius 3 is 2.43 bits per heavy atom. The second-order valence-electron chi connectivity index (χ2n) is 8.52. The van der Waals surface area contributed by atoms with Crippen molar-refractivity contribution in [1.29, 1.82) is 0 Å². The van der Waals surface area contributed by atoms with Gasteiger partial charge in [0.2, 0.25) is 0 Å². The molecule has 0 spiro atoms. The number of aliphatic hydroxyl groups excluding tert-OH is 1. The summed E-state index contributed by atoms with van der Waals surface area (Å²) in [5.41, 5.74) is 3.31. The van der Waals surface area contributed by atoms with E-state index < -0.39 is 0 Å². The summed E-state index contributed by atoms with van der Waals surface area (Å²) in [5.74, 6) is 0. The van der Waals surface area contributed by atoms with E-state index in [0.29, 0.717) is 0 Å². The molecule has 154 valence electrons. The molecule has 2 amide bonds. The van der Waals surface area contributed by atoms with Crippen LogP contribution in [0.25, 0.3) is 0 Å². The van der Waals surface area contributed by atoms with E-state index in [4.69, 9.17) is 0 Å². The summed E-state index contributed by atoms with van der Waals surface area (Å²) in [7, 11) is 0. The molecule has 2 N–H and O–H groups in total. The van der Waals surface area contributed by atoms with Crippen molar-refractivity contribution in [3.05, 3.63) is 23.8 Å². The van der Waals surface area contributed by atoms with E-state index in [1.807, 2.05) is 17.0 Å². The minimum atomic E-state index is -0.204. The second-order valence-corrected chi connectivity index (χ2v) is 8.52. The van der Waals surface area contributed by atoms with Crippen molar-refractivity contribution in [2.75, 3.05) is 49.5 Å². The van der Waals surface area contributed by atoms with Crippen molar-refractivity contribution < 1.29 is 9.90 Å². The highest BCUT2D eigenvalue weighted by Crippen LogP contribution is 2.30. The van der Waals surface area contributed by atoms with E-state index in [1.54, 1.807) is 0 Å². The van der Waals surface area contributed by atoms with E-state index in [9.17, 15) is 9.90 Å². The first-order valence-electron chi connectivity index (χ1n) is 11.0. The number of amides is 2. The lowest BCUT2D eigenvalue weighted by Crippen LogP contribution is -2.56. The van der Waals surface area contributed by atoms with Crippen molar-refractivity contribution in [2.45, 2.75) is 57.6 Å². The summed E-state index contributed by atoms with van der Waals surface area (Å²) < 4.78 is 0. The first kappa shape index (κ1) is 19.5. The highest BCUT2D eigenvalue weighted by Gasteiger charge is 2.32. The van der Waals surface area contributed by atoms with Gasteiger partial charge in [0.15, 0.2) is 0 Å². The molecular weight excluding hydrogens is 352 g/mol. The summed E-state index contributed by atoms with van der Waals surface area (Å²) in [6, 6.07) is 6.47. The van der Waals surface area contributed by atoms with Crippen molar-refractivity contribution in [2.24, 2.45) is 0 Å². The van der Waals surface area contributed by atoms with Crippen LogP contribution in [-0.4, -0.2) is 72.4 Å². The Hall–Kier alpha value is -1.79. The third-order valence-corrected chi connectivity index (χ3v) is 6.76. The van der Waals surface area contributed by atoms with Crippen LogP contribution in [0.15, 0.2) is 18.2 Å². The lowest BCUT2D eigenvalue weighted by Gasteiger charge is -2.42. The first-order chi connectivity index (χ1) is 13.6. The number of piperazine rings is 1. The fraction of sp³-hybridized carbons (Fsp3) is 0.682. The van der Waals surface area contributed by atoms with Gasteiger partial charge in [-0.3, -0.25) is 4.90 Å². The van der Waals surface area contributed by atoms with Crippen LogP contribution >= 0.6 is 0 Å². The maximum absolute atomic E-state index is 12.8. The van der Waals surface area contributed by atoms with Gasteiger partial charge in [0.05, 0.1) is 6.10 Å². The predicted octanol–water partition coefficient (Wildman–Crippen LogP) is 3.05. The summed E-state index contributed by atoms with van der Waals surface area (Å²) in [6.07, 6.45) is 6.62. The van der Waals surface area contributed by atoms with Crippen LogP contribution < -0.4 is 10.2 Å². The van der Waals surface area contributed by atoms with Crippen LogP contribution in [0.4, 0.5) is 16.2 Å². The minimum absolute atomic E-state index is 0.00878. The smallest absolute Gasteiger partial charge is 0.321 e. The lowest BCUT2D eigenvalue weighted by molar-refractivity contribution is 0.00275. The number of anilines is 2. The SMILES string of the molecule is Cc1c(NC(=O)N2CCN([C@H]3CCCC[C@@H]3O)CC2)cccc1N1CCCC1. The van der Waals surface area contributed by atoms with Crippen LogP contribution in [-0.2, 0) is 0 Å². The van der Waals surface area contributed by atoms with Crippen LogP contribution in [0.1, 0.15) is 44.1 Å². The molecule has 1 aromatic carbocycles. The molecule has 1 aromatic rings. The number of nitrogens with zero attached hydrogens (tertiary/aromatic N) is 3. The van der Waals surface area contributed by atoms with Crippen LogP contribution in [0.5, 0.6) is 0 Å². The van der Waals surface area contributed by atoms with Gasteiger partial charge in [0.1, 0.15) is 0 Å². The molecule has 2 saturated heterocycles. The molecular formula is C22H34N4O2. The Balaban J connectivity index is 1.34. The number of aliphatic hydroxyl groups is 1. The average Bonchev–Trinajstić information content (AvgIpc) is 3.25. The Morgan fingerprint density at radius 1 is 1.00 bits per heavy atom. The Morgan fingerprint density at radius 2 is 1.71 bits per heavy atom. The maximum Gasteiger partial charge on any atom is 0.321 e. The van der Waals surface area contributed by atoms with E-state index in [1.165, 1.54) is 24.9 Å².